The van der Waals surface area contributed by atoms with Gasteiger partial charge in [0.25, 0.3) is 0 Å². The molecular formula is C14H13BrClNO2S. The van der Waals surface area contributed by atoms with E-state index >= 15 is 0 Å². The number of sulfonamides is 1. The van der Waals surface area contributed by atoms with E-state index in [0.717, 1.165) is 10.0 Å². The van der Waals surface area contributed by atoms with E-state index in [-0.39, 0.29) is 6.54 Å². The molecule has 0 aliphatic rings. The highest BCUT2D eigenvalue weighted by Gasteiger charge is 2.18. The van der Waals surface area contributed by atoms with E-state index < -0.39 is 10.0 Å². The van der Waals surface area contributed by atoms with Crippen molar-refractivity contribution >= 4 is 43.2 Å². The van der Waals surface area contributed by atoms with Crippen LogP contribution in [0.4, 0.5) is 5.69 Å². The Morgan fingerprint density at radius 3 is 2.25 bits per heavy atom. The van der Waals surface area contributed by atoms with Crippen LogP contribution in [-0.4, -0.2) is 14.7 Å². The molecule has 0 unspecified atom stereocenters. The summed E-state index contributed by atoms with van der Waals surface area (Å²) in [6.07, 6.45) is 1.19. The lowest BCUT2D eigenvalue weighted by Gasteiger charge is -2.23. The van der Waals surface area contributed by atoms with Crippen LogP contribution in [0.3, 0.4) is 0 Å². The van der Waals surface area contributed by atoms with Crippen LogP contribution in [0.15, 0.2) is 53.0 Å². The molecule has 0 saturated carbocycles. The maximum Gasteiger partial charge on any atom is 0.232 e. The van der Waals surface area contributed by atoms with Crippen molar-refractivity contribution in [1.82, 2.24) is 0 Å². The van der Waals surface area contributed by atoms with Gasteiger partial charge in [-0.3, -0.25) is 4.31 Å². The summed E-state index contributed by atoms with van der Waals surface area (Å²) in [6.45, 7) is 0.208. The normalized spacial score (nSPS) is 11.3. The SMILES string of the molecule is CS(=O)(=O)N(Cc1ccccc1Cl)c1ccc(Br)cc1. The summed E-state index contributed by atoms with van der Waals surface area (Å²) in [7, 11) is -3.39. The van der Waals surface area contributed by atoms with Crippen LogP contribution >= 0.6 is 27.5 Å². The van der Waals surface area contributed by atoms with Gasteiger partial charge >= 0.3 is 0 Å². The predicted molar refractivity (Wildman–Crippen MR) is 86.6 cm³/mol. The average Bonchev–Trinajstić information content (AvgIpc) is 2.38. The van der Waals surface area contributed by atoms with Gasteiger partial charge in [-0.15, -0.1) is 0 Å². The fourth-order valence-electron chi connectivity index (χ4n) is 1.79. The van der Waals surface area contributed by atoms with Crippen LogP contribution in [0.25, 0.3) is 0 Å². The van der Waals surface area contributed by atoms with Crippen LogP contribution in [0.5, 0.6) is 0 Å². The Balaban J connectivity index is 2.40. The molecule has 0 fully saturated rings. The minimum absolute atomic E-state index is 0.208. The fourth-order valence-corrected chi connectivity index (χ4v) is 3.13. The van der Waals surface area contributed by atoms with Crippen LogP contribution < -0.4 is 4.31 Å². The fraction of sp³-hybridized carbons (Fsp3) is 0.143. The summed E-state index contributed by atoms with van der Waals surface area (Å²) in [5.41, 5.74) is 1.37. The molecule has 0 amide bonds. The molecule has 0 radical (unpaired) electrons. The van der Waals surface area contributed by atoms with Crippen LogP contribution in [0.1, 0.15) is 5.56 Å². The Kier molecular flexibility index (Phi) is 4.73. The minimum Gasteiger partial charge on any atom is -0.266 e. The van der Waals surface area contributed by atoms with Gasteiger partial charge in [-0.05, 0) is 35.9 Å². The summed E-state index contributed by atoms with van der Waals surface area (Å²) < 4.78 is 26.2. The van der Waals surface area contributed by atoms with Crippen LogP contribution in [-0.2, 0) is 16.6 Å². The third-order valence-electron chi connectivity index (χ3n) is 2.79. The van der Waals surface area contributed by atoms with Gasteiger partial charge in [-0.2, -0.15) is 0 Å². The van der Waals surface area contributed by atoms with Gasteiger partial charge < -0.3 is 0 Å². The third-order valence-corrected chi connectivity index (χ3v) is 4.82. The first-order chi connectivity index (χ1) is 9.38. The molecule has 0 aliphatic carbocycles. The zero-order valence-electron chi connectivity index (χ0n) is 10.8. The molecule has 0 N–H and O–H groups in total. The number of rotatable bonds is 4. The van der Waals surface area contributed by atoms with Crippen molar-refractivity contribution in [2.45, 2.75) is 6.54 Å². The molecule has 0 spiro atoms. The molecule has 2 aromatic carbocycles. The number of benzene rings is 2. The largest absolute Gasteiger partial charge is 0.266 e. The molecule has 0 aliphatic heterocycles. The lowest BCUT2D eigenvalue weighted by atomic mass is 10.2. The molecule has 0 aromatic heterocycles. The molecule has 2 rings (SSSR count). The second kappa shape index (κ2) is 6.16. The summed E-state index contributed by atoms with van der Waals surface area (Å²) in [5, 5.41) is 0.554. The smallest absolute Gasteiger partial charge is 0.232 e. The third kappa shape index (κ3) is 3.75. The maximum atomic E-state index is 12.0. The van der Waals surface area contributed by atoms with E-state index in [1.807, 2.05) is 18.2 Å². The Hall–Kier alpha value is -1.04. The second-order valence-electron chi connectivity index (χ2n) is 4.34. The monoisotopic (exact) mass is 373 g/mol. The molecule has 106 valence electrons. The average molecular weight is 375 g/mol. The minimum atomic E-state index is -3.39. The lowest BCUT2D eigenvalue weighted by Crippen LogP contribution is -2.29. The van der Waals surface area contributed by atoms with Crippen molar-refractivity contribution in [3.8, 4) is 0 Å². The van der Waals surface area contributed by atoms with Crippen molar-refractivity contribution in [3.63, 3.8) is 0 Å². The Morgan fingerprint density at radius 2 is 1.70 bits per heavy atom. The first-order valence-corrected chi connectivity index (χ1v) is 8.86. The van der Waals surface area contributed by atoms with E-state index in [2.05, 4.69) is 15.9 Å². The van der Waals surface area contributed by atoms with E-state index in [9.17, 15) is 8.42 Å². The molecule has 3 nitrogen and oxygen atoms in total. The summed E-state index contributed by atoms with van der Waals surface area (Å²) in [5.74, 6) is 0. The number of halogens is 2. The Bertz CT molecular complexity index is 701. The first-order valence-electron chi connectivity index (χ1n) is 5.84. The van der Waals surface area contributed by atoms with Gasteiger partial charge in [-0.25, -0.2) is 8.42 Å². The van der Waals surface area contributed by atoms with E-state index in [1.54, 1.807) is 30.3 Å². The van der Waals surface area contributed by atoms with Gasteiger partial charge in [0.05, 0.1) is 18.5 Å². The summed E-state index contributed by atoms with van der Waals surface area (Å²) in [4.78, 5) is 0. The van der Waals surface area contributed by atoms with Gasteiger partial charge in [0.1, 0.15) is 0 Å². The zero-order valence-corrected chi connectivity index (χ0v) is 13.9. The Labute approximate surface area is 132 Å². The van der Waals surface area contributed by atoms with Gasteiger partial charge in [0.15, 0.2) is 0 Å². The zero-order chi connectivity index (χ0) is 14.8. The highest BCUT2D eigenvalue weighted by atomic mass is 79.9. The van der Waals surface area contributed by atoms with Gasteiger partial charge in [0, 0.05) is 9.50 Å². The molecular weight excluding hydrogens is 362 g/mol. The van der Waals surface area contributed by atoms with E-state index in [1.165, 1.54) is 10.6 Å². The van der Waals surface area contributed by atoms with Crippen molar-refractivity contribution in [2.75, 3.05) is 10.6 Å². The number of hydrogen-bond acceptors (Lipinski definition) is 2. The topological polar surface area (TPSA) is 37.4 Å². The van der Waals surface area contributed by atoms with Crippen molar-refractivity contribution in [3.05, 3.63) is 63.6 Å². The maximum absolute atomic E-state index is 12.0. The molecule has 0 atom stereocenters. The standard InChI is InChI=1S/C14H13BrClNO2S/c1-20(18,19)17(13-8-6-12(15)7-9-13)10-11-4-2-3-5-14(11)16/h2-9H,10H2,1H3. The Morgan fingerprint density at radius 1 is 1.10 bits per heavy atom. The van der Waals surface area contributed by atoms with Gasteiger partial charge in [0.2, 0.25) is 10.0 Å². The first kappa shape index (κ1) is 15.4. The number of nitrogens with zero attached hydrogens (tertiary/aromatic N) is 1. The van der Waals surface area contributed by atoms with Crippen molar-refractivity contribution < 1.29 is 8.42 Å². The van der Waals surface area contributed by atoms with E-state index in [0.29, 0.717) is 10.7 Å². The van der Waals surface area contributed by atoms with Crippen LogP contribution in [0.2, 0.25) is 5.02 Å². The summed E-state index contributed by atoms with van der Waals surface area (Å²) >= 11 is 9.44. The molecule has 2 aromatic rings. The number of anilines is 1. The van der Waals surface area contributed by atoms with Gasteiger partial charge in [-0.1, -0.05) is 45.7 Å². The molecule has 6 heteroatoms. The van der Waals surface area contributed by atoms with E-state index in [4.69, 9.17) is 11.6 Å². The predicted octanol–water partition coefficient (Wildman–Crippen LogP) is 4.07. The molecule has 0 heterocycles. The highest BCUT2D eigenvalue weighted by molar-refractivity contribution is 9.10. The quantitative estimate of drug-likeness (QED) is 0.809. The van der Waals surface area contributed by atoms with Crippen LogP contribution in [0, 0.1) is 0 Å². The molecule has 0 bridgehead atoms. The second-order valence-corrected chi connectivity index (χ2v) is 7.57. The highest BCUT2D eigenvalue weighted by Crippen LogP contribution is 2.25. The summed E-state index contributed by atoms with van der Waals surface area (Å²) in [6, 6.07) is 14.3. The van der Waals surface area contributed by atoms with Crippen molar-refractivity contribution in [2.24, 2.45) is 0 Å². The lowest BCUT2D eigenvalue weighted by molar-refractivity contribution is 0.596. The molecule has 20 heavy (non-hydrogen) atoms. The van der Waals surface area contributed by atoms with Crippen molar-refractivity contribution in [1.29, 1.82) is 0 Å². The number of hydrogen-bond donors (Lipinski definition) is 0. The molecule has 0 saturated heterocycles.